The second-order valence-electron chi connectivity index (χ2n) is 3.81. The van der Waals surface area contributed by atoms with Crippen molar-refractivity contribution in [2.45, 2.75) is 18.2 Å². The normalized spacial score (nSPS) is 19.4. The van der Waals surface area contributed by atoms with Crippen molar-refractivity contribution >= 4 is 17.2 Å². The minimum Gasteiger partial charge on any atom is -0.497 e. The zero-order valence-electron chi connectivity index (χ0n) is 9.50. The first kappa shape index (κ1) is 11.3. The van der Waals surface area contributed by atoms with Crippen molar-refractivity contribution in [2.24, 2.45) is 0 Å². The summed E-state index contributed by atoms with van der Waals surface area (Å²) in [6.45, 7) is 0. The Labute approximate surface area is 101 Å². The smallest absolute Gasteiger partial charge is 0.130 e. The Bertz CT molecular complexity index is 412. The van der Waals surface area contributed by atoms with Gasteiger partial charge in [-0.2, -0.15) is 0 Å². The van der Waals surface area contributed by atoms with E-state index in [4.69, 9.17) is 21.1 Å². The second-order valence-corrected chi connectivity index (χ2v) is 4.37. The number of ether oxygens (including phenoxy) is 2. The topological polar surface area (TPSA) is 18.5 Å². The fourth-order valence-corrected chi connectivity index (χ4v) is 2.23. The van der Waals surface area contributed by atoms with Gasteiger partial charge in [-0.25, -0.2) is 0 Å². The zero-order chi connectivity index (χ0) is 11.5. The maximum absolute atomic E-state index is 6.07. The molecule has 0 N–H and O–H groups in total. The minimum atomic E-state index is 0.154. The summed E-state index contributed by atoms with van der Waals surface area (Å²) in [4.78, 5) is 0. The molecular formula is C13H15ClO2. The van der Waals surface area contributed by atoms with Crippen LogP contribution in [-0.2, 0) is 0 Å². The molecule has 0 fully saturated rings. The van der Waals surface area contributed by atoms with Crippen LogP contribution in [0.25, 0.3) is 5.57 Å². The molecule has 1 aromatic carbocycles. The molecule has 0 aromatic heterocycles. The second kappa shape index (κ2) is 4.79. The monoisotopic (exact) mass is 238 g/mol. The van der Waals surface area contributed by atoms with Crippen LogP contribution >= 0.6 is 11.6 Å². The standard InChI is InChI=1S/C13H15ClO2/c1-15-11-5-6-12(13(8-11)16-2)9-3-4-10(14)7-9/h5-8,10H,3-4H2,1-2H3. The molecule has 3 heteroatoms. The molecule has 0 saturated heterocycles. The van der Waals surface area contributed by atoms with E-state index < -0.39 is 0 Å². The van der Waals surface area contributed by atoms with Gasteiger partial charge in [0.15, 0.2) is 0 Å². The number of allylic oxidation sites excluding steroid dienone is 2. The van der Waals surface area contributed by atoms with E-state index in [0.29, 0.717) is 0 Å². The fraction of sp³-hybridized carbons (Fsp3) is 0.385. The molecule has 1 aliphatic rings. The highest BCUT2D eigenvalue weighted by Crippen LogP contribution is 2.37. The van der Waals surface area contributed by atoms with Crippen molar-refractivity contribution < 1.29 is 9.47 Å². The van der Waals surface area contributed by atoms with Crippen LogP contribution in [0.15, 0.2) is 24.3 Å². The predicted molar refractivity (Wildman–Crippen MR) is 66.4 cm³/mol. The number of hydrogen-bond acceptors (Lipinski definition) is 2. The maximum atomic E-state index is 6.07. The summed E-state index contributed by atoms with van der Waals surface area (Å²) < 4.78 is 10.5. The largest absolute Gasteiger partial charge is 0.497 e. The highest BCUT2D eigenvalue weighted by atomic mass is 35.5. The number of benzene rings is 1. The van der Waals surface area contributed by atoms with Gasteiger partial charge in [0, 0.05) is 11.6 Å². The van der Waals surface area contributed by atoms with Crippen molar-refractivity contribution in [1.82, 2.24) is 0 Å². The van der Waals surface area contributed by atoms with Crippen LogP contribution in [0.5, 0.6) is 11.5 Å². The Hall–Kier alpha value is -1.15. The number of hydrogen-bond donors (Lipinski definition) is 0. The zero-order valence-corrected chi connectivity index (χ0v) is 10.3. The third-order valence-corrected chi connectivity index (χ3v) is 3.17. The summed E-state index contributed by atoms with van der Waals surface area (Å²) in [6.07, 6.45) is 4.12. The number of methoxy groups -OCH3 is 2. The average Bonchev–Trinajstić information content (AvgIpc) is 2.74. The van der Waals surface area contributed by atoms with Crippen LogP contribution in [0, 0.1) is 0 Å². The van der Waals surface area contributed by atoms with Crippen molar-refractivity contribution in [3.05, 3.63) is 29.8 Å². The lowest BCUT2D eigenvalue weighted by atomic mass is 10.0. The summed E-state index contributed by atoms with van der Waals surface area (Å²) in [6, 6.07) is 5.87. The summed E-state index contributed by atoms with van der Waals surface area (Å²) in [5, 5.41) is 0.154. The molecule has 1 unspecified atom stereocenters. The van der Waals surface area contributed by atoms with E-state index in [1.165, 1.54) is 5.57 Å². The van der Waals surface area contributed by atoms with Gasteiger partial charge >= 0.3 is 0 Å². The third-order valence-electron chi connectivity index (χ3n) is 2.83. The molecule has 0 bridgehead atoms. The molecule has 0 saturated carbocycles. The van der Waals surface area contributed by atoms with Gasteiger partial charge in [0.05, 0.1) is 19.6 Å². The van der Waals surface area contributed by atoms with Gasteiger partial charge in [-0.05, 0) is 30.5 Å². The Morgan fingerprint density at radius 1 is 1.25 bits per heavy atom. The van der Waals surface area contributed by atoms with Crippen molar-refractivity contribution in [3.63, 3.8) is 0 Å². The van der Waals surface area contributed by atoms with Crippen molar-refractivity contribution in [2.75, 3.05) is 14.2 Å². The Kier molecular flexibility index (Phi) is 3.39. The van der Waals surface area contributed by atoms with E-state index >= 15 is 0 Å². The molecule has 1 atom stereocenters. The maximum Gasteiger partial charge on any atom is 0.130 e. The molecule has 0 radical (unpaired) electrons. The lowest BCUT2D eigenvalue weighted by Gasteiger charge is -2.10. The lowest BCUT2D eigenvalue weighted by molar-refractivity contribution is 0.393. The van der Waals surface area contributed by atoms with Crippen LogP contribution in [0.4, 0.5) is 0 Å². The van der Waals surface area contributed by atoms with E-state index in [2.05, 4.69) is 6.08 Å². The van der Waals surface area contributed by atoms with Gasteiger partial charge in [-0.15, -0.1) is 11.6 Å². The Morgan fingerprint density at radius 3 is 2.62 bits per heavy atom. The summed E-state index contributed by atoms with van der Waals surface area (Å²) in [7, 11) is 3.32. The van der Waals surface area contributed by atoms with E-state index in [1.807, 2.05) is 18.2 Å². The van der Waals surface area contributed by atoms with Gasteiger partial charge in [0.1, 0.15) is 11.5 Å². The quantitative estimate of drug-likeness (QED) is 0.751. The molecule has 0 aliphatic heterocycles. The first-order chi connectivity index (χ1) is 7.74. The fourth-order valence-electron chi connectivity index (χ4n) is 1.97. The van der Waals surface area contributed by atoms with E-state index in [-0.39, 0.29) is 5.38 Å². The Morgan fingerprint density at radius 2 is 2.06 bits per heavy atom. The molecule has 16 heavy (non-hydrogen) atoms. The molecule has 1 aromatic rings. The van der Waals surface area contributed by atoms with Crippen LogP contribution in [0.2, 0.25) is 0 Å². The summed E-state index contributed by atoms with van der Waals surface area (Å²) in [5.41, 5.74) is 2.38. The number of halogens is 1. The summed E-state index contributed by atoms with van der Waals surface area (Å²) >= 11 is 6.07. The van der Waals surface area contributed by atoms with Gasteiger partial charge in [0.25, 0.3) is 0 Å². The molecular weight excluding hydrogens is 224 g/mol. The first-order valence-corrected chi connectivity index (χ1v) is 5.75. The van der Waals surface area contributed by atoms with E-state index in [1.54, 1.807) is 14.2 Å². The van der Waals surface area contributed by atoms with Gasteiger partial charge < -0.3 is 9.47 Å². The SMILES string of the molecule is COc1ccc(C2=CC(Cl)CC2)c(OC)c1. The average molecular weight is 239 g/mol. The Balaban J connectivity index is 2.37. The van der Waals surface area contributed by atoms with Gasteiger partial charge in [0.2, 0.25) is 0 Å². The number of alkyl halides is 1. The first-order valence-electron chi connectivity index (χ1n) is 5.31. The van der Waals surface area contributed by atoms with Crippen LogP contribution in [0.1, 0.15) is 18.4 Å². The minimum absolute atomic E-state index is 0.154. The molecule has 1 aliphatic carbocycles. The predicted octanol–water partition coefficient (Wildman–Crippen LogP) is 3.49. The van der Waals surface area contributed by atoms with Crippen LogP contribution in [-0.4, -0.2) is 19.6 Å². The van der Waals surface area contributed by atoms with Crippen LogP contribution < -0.4 is 9.47 Å². The number of rotatable bonds is 3. The van der Waals surface area contributed by atoms with Gasteiger partial charge in [-0.1, -0.05) is 6.08 Å². The van der Waals surface area contributed by atoms with Gasteiger partial charge in [-0.3, -0.25) is 0 Å². The van der Waals surface area contributed by atoms with Crippen molar-refractivity contribution in [3.8, 4) is 11.5 Å². The lowest BCUT2D eigenvalue weighted by Crippen LogP contribution is -1.92. The molecule has 0 spiro atoms. The van der Waals surface area contributed by atoms with Crippen LogP contribution in [0.3, 0.4) is 0 Å². The molecule has 2 rings (SSSR count). The molecule has 0 heterocycles. The van der Waals surface area contributed by atoms with Crippen molar-refractivity contribution in [1.29, 1.82) is 0 Å². The summed E-state index contributed by atoms with van der Waals surface area (Å²) in [5.74, 6) is 1.65. The highest BCUT2D eigenvalue weighted by molar-refractivity contribution is 6.22. The molecule has 86 valence electrons. The van der Waals surface area contributed by atoms with E-state index in [0.717, 1.165) is 29.9 Å². The van der Waals surface area contributed by atoms with E-state index in [9.17, 15) is 0 Å². The molecule has 2 nitrogen and oxygen atoms in total. The molecule has 0 amide bonds. The highest BCUT2D eigenvalue weighted by Gasteiger charge is 2.17. The third kappa shape index (κ3) is 2.17.